The lowest BCUT2D eigenvalue weighted by atomic mass is 9.45. The molecule has 0 heterocycles. The van der Waals surface area contributed by atoms with Crippen LogP contribution in [-0.2, 0) is 0 Å². The van der Waals surface area contributed by atoms with E-state index in [2.05, 4.69) is 20.8 Å². The Hall–Kier alpha value is -0.0400. The molecule has 0 aromatic heterocycles. The van der Waals surface area contributed by atoms with Gasteiger partial charge >= 0.3 is 0 Å². The zero-order valence-corrected chi connectivity index (χ0v) is 9.09. The van der Waals surface area contributed by atoms with Gasteiger partial charge in [-0.25, -0.2) is 0 Å². The first-order chi connectivity index (χ1) is 6.07. The van der Waals surface area contributed by atoms with Crippen molar-refractivity contribution in [2.24, 2.45) is 23.2 Å². The second-order valence-electron chi connectivity index (χ2n) is 5.58. The van der Waals surface area contributed by atoms with Gasteiger partial charge in [0.1, 0.15) is 0 Å². The fourth-order valence-corrected chi connectivity index (χ4v) is 3.63. The monoisotopic (exact) mass is 182 g/mol. The second-order valence-corrected chi connectivity index (χ2v) is 5.58. The van der Waals surface area contributed by atoms with Gasteiger partial charge in [-0.2, -0.15) is 0 Å². The molecule has 1 heteroatoms. The molecule has 0 aromatic rings. The van der Waals surface area contributed by atoms with E-state index in [9.17, 15) is 5.11 Å². The number of hydrogen-bond donors (Lipinski definition) is 1. The molecule has 0 spiro atoms. The minimum atomic E-state index is -0.0366. The molecule has 3 aliphatic rings. The Kier molecular flexibility index (Phi) is 2.18. The third kappa shape index (κ3) is 1.24. The molecule has 3 rings (SSSR count). The maximum atomic E-state index is 9.91. The largest absolute Gasteiger partial charge is 0.393 e. The summed E-state index contributed by atoms with van der Waals surface area (Å²) in [6.45, 7) is 6.88. The normalized spacial score (nSPS) is 43.8. The highest BCUT2D eigenvalue weighted by Crippen LogP contribution is 2.62. The third-order valence-electron chi connectivity index (χ3n) is 4.82. The summed E-state index contributed by atoms with van der Waals surface area (Å²) in [6.07, 6.45) is 4.90. The molecule has 0 aromatic carbocycles. The third-order valence-corrected chi connectivity index (χ3v) is 4.82. The van der Waals surface area contributed by atoms with Crippen molar-refractivity contribution in [3.8, 4) is 0 Å². The molecule has 2 bridgehead atoms. The summed E-state index contributed by atoms with van der Waals surface area (Å²) in [4.78, 5) is 0. The van der Waals surface area contributed by atoms with Gasteiger partial charge in [-0.3, -0.25) is 0 Å². The lowest BCUT2D eigenvalue weighted by molar-refractivity contribution is -0.137. The molecule has 0 amide bonds. The molecule has 0 saturated heterocycles. The molecule has 1 N–H and O–H groups in total. The molecule has 0 aliphatic heterocycles. The highest BCUT2D eigenvalue weighted by atomic mass is 16.3. The van der Waals surface area contributed by atoms with E-state index in [4.69, 9.17) is 0 Å². The van der Waals surface area contributed by atoms with Crippen LogP contribution in [0.3, 0.4) is 0 Å². The maximum Gasteiger partial charge on any atom is 0.0568 e. The van der Waals surface area contributed by atoms with E-state index in [-0.39, 0.29) is 6.10 Å². The number of rotatable bonds is 2. The van der Waals surface area contributed by atoms with Crippen LogP contribution in [0.15, 0.2) is 0 Å². The molecule has 3 fully saturated rings. The van der Waals surface area contributed by atoms with Gasteiger partial charge in [0, 0.05) is 0 Å². The minimum absolute atomic E-state index is 0.0366. The van der Waals surface area contributed by atoms with Crippen LogP contribution in [0.25, 0.3) is 0 Å². The van der Waals surface area contributed by atoms with Gasteiger partial charge in [-0.1, -0.05) is 20.8 Å². The molecular formula is C12H22O. The summed E-state index contributed by atoms with van der Waals surface area (Å²) in [7, 11) is 0. The van der Waals surface area contributed by atoms with Crippen molar-refractivity contribution in [1.29, 1.82) is 0 Å². The van der Waals surface area contributed by atoms with Crippen LogP contribution in [0.4, 0.5) is 0 Å². The van der Waals surface area contributed by atoms with E-state index in [0.29, 0.717) is 11.3 Å². The summed E-state index contributed by atoms with van der Waals surface area (Å²) in [5.74, 6) is 2.36. The standard InChI is InChI=1S/C12H22O/c1-4-11(13)9-6-5-8-7-10(9)12(8,2)3/h8-11,13H,4-7H2,1-3H3. The fourth-order valence-electron chi connectivity index (χ4n) is 3.63. The summed E-state index contributed by atoms with van der Waals surface area (Å²) >= 11 is 0. The Labute approximate surface area is 81.5 Å². The van der Waals surface area contributed by atoms with Crippen molar-refractivity contribution < 1.29 is 5.11 Å². The summed E-state index contributed by atoms with van der Waals surface area (Å²) in [5.41, 5.74) is 0.527. The lowest BCUT2D eigenvalue weighted by Gasteiger charge is -2.61. The average Bonchev–Trinajstić information content (AvgIpc) is 2.16. The number of aliphatic hydroxyl groups is 1. The first-order valence-corrected chi connectivity index (χ1v) is 5.75. The van der Waals surface area contributed by atoms with E-state index in [1.165, 1.54) is 19.3 Å². The predicted molar refractivity (Wildman–Crippen MR) is 54.4 cm³/mol. The van der Waals surface area contributed by atoms with E-state index in [1.54, 1.807) is 0 Å². The lowest BCUT2D eigenvalue weighted by Crippen LogP contribution is -2.54. The van der Waals surface area contributed by atoms with Crippen LogP contribution in [0, 0.1) is 23.2 Å². The Balaban J connectivity index is 2.07. The summed E-state index contributed by atoms with van der Waals surface area (Å²) < 4.78 is 0. The predicted octanol–water partition coefficient (Wildman–Crippen LogP) is 2.83. The zero-order valence-electron chi connectivity index (χ0n) is 9.09. The Morgan fingerprint density at radius 2 is 2.08 bits per heavy atom. The van der Waals surface area contributed by atoms with Gasteiger partial charge < -0.3 is 5.11 Å². The number of hydrogen-bond acceptors (Lipinski definition) is 1. The van der Waals surface area contributed by atoms with Gasteiger partial charge in [0.2, 0.25) is 0 Å². The van der Waals surface area contributed by atoms with Crippen LogP contribution in [-0.4, -0.2) is 11.2 Å². The summed E-state index contributed by atoms with van der Waals surface area (Å²) in [5, 5.41) is 9.91. The zero-order chi connectivity index (χ0) is 9.64. The van der Waals surface area contributed by atoms with Crippen LogP contribution in [0.1, 0.15) is 46.5 Å². The van der Waals surface area contributed by atoms with Crippen molar-refractivity contribution in [3.63, 3.8) is 0 Å². The van der Waals surface area contributed by atoms with Crippen molar-refractivity contribution in [2.45, 2.75) is 52.6 Å². The molecule has 4 atom stereocenters. The highest BCUT2D eigenvalue weighted by molar-refractivity contribution is 5.04. The van der Waals surface area contributed by atoms with Crippen molar-refractivity contribution in [2.75, 3.05) is 0 Å². The Morgan fingerprint density at radius 1 is 1.38 bits per heavy atom. The maximum absolute atomic E-state index is 9.91. The van der Waals surface area contributed by atoms with E-state index in [0.717, 1.165) is 18.3 Å². The molecule has 76 valence electrons. The quantitative estimate of drug-likeness (QED) is 0.696. The number of aliphatic hydroxyl groups excluding tert-OH is 1. The van der Waals surface area contributed by atoms with Gasteiger partial charge in [-0.15, -0.1) is 0 Å². The molecule has 3 saturated carbocycles. The van der Waals surface area contributed by atoms with E-state index >= 15 is 0 Å². The van der Waals surface area contributed by atoms with Crippen LogP contribution in [0.2, 0.25) is 0 Å². The van der Waals surface area contributed by atoms with Gasteiger partial charge in [-0.05, 0) is 48.9 Å². The van der Waals surface area contributed by atoms with Crippen LogP contribution in [0.5, 0.6) is 0 Å². The topological polar surface area (TPSA) is 20.2 Å². The van der Waals surface area contributed by atoms with Crippen LogP contribution >= 0.6 is 0 Å². The minimum Gasteiger partial charge on any atom is -0.393 e. The SMILES string of the molecule is CCC(O)C1CCC2CC1C2(C)C. The first kappa shape index (κ1) is 9.51. The van der Waals surface area contributed by atoms with E-state index < -0.39 is 0 Å². The first-order valence-electron chi connectivity index (χ1n) is 5.75. The van der Waals surface area contributed by atoms with Gasteiger partial charge in [0.05, 0.1) is 6.10 Å². The number of fused-ring (bicyclic) bond motifs is 2. The highest BCUT2D eigenvalue weighted by Gasteiger charge is 2.55. The van der Waals surface area contributed by atoms with Gasteiger partial charge in [0.15, 0.2) is 0 Å². The molecule has 4 unspecified atom stereocenters. The molecule has 3 aliphatic carbocycles. The second kappa shape index (κ2) is 2.98. The molecule has 13 heavy (non-hydrogen) atoms. The van der Waals surface area contributed by atoms with Gasteiger partial charge in [0.25, 0.3) is 0 Å². The fraction of sp³-hybridized carbons (Fsp3) is 1.00. The smallest absolute Gasteiger partial charge is 0.0568 e. The molecular weight excluding hydrogens is 160 g/mol. The average molecular weight is 182 g/mol. The van der Waals surface area contributed by atoms with Crippen LogP contribution < -0.4 is 0 Å². The molecule has 1 nitrogen and oxygen atoms in total. The van der Waals surface area contributed by atoms with Crippen molar-refractivity contribution in [3.05, 3.63) is 0 Å². The summed E-state index contributed by atoms with van der Waals surface area (Å²) in [6, 6.07) is 0. The van der Waals surface area contributed by atoms with Crippen molar-refractivity contribution in [1.82, 2.24) is 0 Å². The Bertz CT molecular complexity index is 195. The Morgan fingerprint density at radius 3 is 2.54 bits per heavy atom. The van der Waals surface area contributed by atoms with E-state index in [1.807, 2.05) is 0 Å². The molecule has 0 radical (unpaired) electrons. The van der Waals surface area contributed by atoms with Crippen molar-refractivity contribution >= 4 is 0 Å².